The minimum absolute atomic E-state index is 0.218. The first kappa shape index (κ1) is 22.8. The Balaban J connectivity index is 1.32. The second-order valence-corrected chi connectivity index (χ2v) is 16.5. The van der Waals surface area contributed by atoms with Crippen LogP contribution in [-0.2, 0) is 21.7 Å². The largest absolute Gasteiger partial charge is 0.481 e. The van der Waals surface area contributed by atoms with Gasteiger partial charge in [0.2, 0.25) is 11.6 Å². The molecule has 3 aromatic rings. The number of oxime groups is 1. The third kappa shape index (κ3) is 3.49. The maximum atomic E-state index is 13.7. The summed E-state index contributed by atoms with van der Waals surface area (Å²) in [7, 11) is -1.64. The lowest BCUT2D eigenvalue weighted by Crippen LogP contribution is -2.53. The van der Waals surface area contributed by atoms with E-state index in [2.05, 4.69) is 57.1 Å². The number of ether oxygens (including phenoxy) is 1. The van der Waals surface area contributed by atoms with Gasteiger partial charge in [-0.05, 0) is 72.8 Å². The predicted molar refractivity (Wildman–Crippen MR) is 144 cm³/mol. The van der Waals surface area contributed by atoms with Crippen LogP contribution in [0.25, 0.3) is 11.8 Å². The second kappa shape index (κ2) is 7.57. The maximum Gasteiger partial charge on any atom is 0.234 e. The predicted octanol–water partition coefficient (Wildman–Crippen LogP) is 5.21. The molecule has 4 aliphatic rings. The molecule has 1 aromatic heterocycles. The minimum Gasteiger partial charge on any atom is -0.481 e. The number of halogens is 1. The molecule has 190 valence electrons. The Bertz CT molecular complexity index is 1490. The van der Waals surface area contributed by atoms with Crippen molar-refractivity contribution >= 4 is 25.2 Å². The Kier molecular flexibility index (Phi) is 4.66. The lowest BCUT2D eigenvalue weighted by Gasteiger charge is -2.41. The Morgan fingerprint density at radius 1 is 1.11 bits per heavy atom. The molecule has 1 spiro atoms. The van der Waals surface area contributed by atoms with Gasteiger partial charge in [0.25, 0.3) is 0 Å². The Hall–Kier alpha value is -3.39. The Labute approximate surface area is 217 Å². The van der Waals surface area contributed by atoms with E-state index >= 15 is 0 Å². The summed E-state index contributed by atoms with van der Waals surface area (Å²) >= 11 is 0. The number of benzene rings is 2. The molecule has 7 rings (SSSR count). The molecule has 8 heteroatoms. The molecular formula is C29H31FN4O2Si. The maximum absolute atomic E-state index is 13.7. The van der Waals surface area contributed by atoms with Crippen LogP contribution in [0.4, 0.5) is 4.39 Å². The number of hydrogen-bond donors (Lipinski definition) is 0. The molecule has 37 heavy (non-hydrogen) atoms. The van der Waals surface area contributed by atoms with Gasteiger partial charge in [0.05, 0.1) is 26.6 Å². The molecular weight excluding hydrogens is 483 g/mol. The molecule has 1 unspecified atom stereocenters. The zero-order valence-electron chi connectivity index (χ0n) is 21.7. The van der Waals surface area contributed by atoms with Crippen molar-refractivity contribution in [3.05, 3.63) is 82.9 Å². The second-order valence-electron chi connectivity index (χ2n) is 11.7. The highest BCUT2D eigenvalue weighted by molar-refractivity contribution is 6.91. The summed E-state index contributed by atoms with van der Waals surface area (Å²) in [6.07, 6.45) is 9.29. The average Bonchev–Trinajstić information content (AvgIpc) is 3.15. The van der Waals surface area contributed by atoms with Crippen LogP contribution in [0.2, 0.25) is 19.1 Å². The number of imidazole rings is 1. The number of aromatic nitrogens is 2. The van der Waals surface area contributed by atoms with E-state index in [0.717, 1.165) is 36.3 Å². The lowest BCUT2D eigenvalue weighted by molar-refractivity contribution is -0.108. The van der Waals surface area contributed by atoms with E-state index in [1.807, 2.05) is 20.2 Å². The van der Waals surface area contributed by atoms with Crippen LogP contribution >= 0.6 is 0 Å². The summed E-state index contributed by atoms with van der Waals surface area (Å²) in [4.78, 5) is 12.7. The number of morpholine rings is 1. The number of fused-ring (bicyclic) bond motifs is 2. The molecule has 0 radical (unpaired) electrons. The van der Waals surface area contributed by atoms with Gasteiger partial charge in [-0.25, -0.2) is 9.37 Å². The fourth-order valence-corrected chi connectivity index (χ4v) is 9.36. The number of aryl methyl sites for hydroxylation is 1. The van der Waals surface area contributed by atoms with Crippen molar-refractivity contribution in [1.29, 1.82) is 0 Å². The summed E-state index contributed by atoms with van der Waals surface area (Å²) in [5.74, 6) is 1.22. The topological polar surface area (TPSA) is 51.9 Å². The van der Waals surface area contributed by atoms with Crippen LogP contribution in [0.15, 0.2) is 59.8 Å². The monoisotopic (exact) mass is 514 g/mol. The smallest absolute Gasteiger partial charge is 0.234 e. The number of hydrogen-bond acceptors (Lipinski definition) is 5. The number of amidine groups is 1. The molecule has 1 saturated heterocycles. The van der Waals surface area contributed by atoms with Gasteiger partial charge in [-0.2, -0.15) is 0 Å². The first-order valence-electron chi connectivity index (χ1n) is 13.1. The first-order valence-corrected chi connectivity index (χ1v) is 16.3. The van der Waals surface area contributed by atoms with E-state index in [1.165, 1.54) is 40.2 Å². The molecule has 1 saturated carbocycles. The molecule has 1 aliphatic carbocycles. The zero-order valence-corrected chi connectivity index (χ0v) is 22.7. The third-order valence-corrected chi connectivity index (χ3v) is 12.0. The van der Waals surface area contributed by atoms with Crippen LogP contribution in [0.1, 0.15) is 42.1 Å². The zero-order chi connectivity index (χ0) is 25.6. The van der Waals surface area contributed by atoms with E-state index in [-0.39, 0.29) is 11.4 Å². The van der Waals surface area contributed by atoms with E-state index in [1.54, 1.807) is 12.1 Å². The molecule has 0 amide bonds. The fraction of sp³-hybridized carbons (Fsp3) is 0.379. The first-order chi connectivity index (χ1) is 17.7. The van der Waals surface area contributed by atoms with Gasteiger partial charge in [0.15, 0.2) is 5.76 Å². The van der Waals surface area contributed by atoms with Gasteiger partial charge in [0, 0.05) is 24.4 Å². The van der Waals surface area contributed by atoms with Gasteiger partial charge in [-0.3, -0.25) is 0 Å². The number of rotatable bonds is 3. The van der Waals surface area contributed by atoms with Crippen molar-refractivity contribution in [3.8, 4) is 5.69 Å². The average molecular weight is 515 g/mol. The highest BCUT2D eigenvalue weighted by Crippen LogP contribution is 2.50. The SMILES string of the molecule is Cc1cn(-c2ccc(/C=C3\OC4(CC4)CN4C3=NOC4(C)c3ccc(F)cc3)c3c2CC[Si]3(C)C)cn1. The van der Waals surface area contributed by atoms with Gasteiger partial charge in [-0.15, -0.1) is 0 Å². The van der Waals surface area contributed by atoms with Crippen molar-refractivity contribution in [2.75, 3.05) is 6.54 Å². The standard InChI is InChI=1S/C29H31FN4O2Si/c1-19-16-33(18-31-19)24-10-5-20(26-23(24)11-14-37(26,3)4)15-25-27-32-36-28(2,21-6-8-22(30)9-7-21)34(27)17-29(35-25)12-13-29/h5-10,15-16,18H,11-14,17H2,1-4H3/b25-15-. The van der Waals surface area contributed by atoms with E-state index in [9.17, 15) is 4.39 Å². The van der Waals surface area contributed by atoms with Crippen molar-refractivity contribution in [1.82, 2.24) is 14.5 Å². The molecule has 6 nitrogen and oxygen atoms in total. The summed E-state index contributed by atoms with van der Waals surface area (Å²) in [6, 6.07) is 12.2. The van der Waals surface area contributed by atoms with Crippen LogP contribution < -0.4 is 5.19 Å². The van der Waals surface area contributed by atoms with Crippen molar-refractivity contribution in [3.63, 3.8) is 0 Å². The van der Waals surface area contributed by atoms with Gasteiger partial charge in [-0.1, -0.05) is 36.4 Å². The third-order valence-electron chi connectivity index (χ3n) is 8.53. The van der Waals surface area contributed by atoms with Crippen LogP contribution in [0, 0.1) is 12.7 Å². The lowest BCUT2D eigenvalue weighted by atomic mass is 10.00. The van der Waals surface area contributed by atoms with Gasteiger partial charge >= 0.3 is 0 Å². The Morgan fingerprint density at radius 2 is 1.89 bits per heavy atom. The summed E-state index contributed by atoms with van der Waals surface area (Å²) < 4.78 is 22.5. The highest BCUT2D eigenvalue weighted by Gasteiger charge is 2.58. The molecule has 4 heterocycles. The van der Waals surface area contributed by atoms with Gasteiger partial charge in [0.1, 0.15) is 11.4 Å². The normalized spacial score (nSPS) is 25.5. The summed E-state index contributed by atoms with van der Waals surface area (Å²) in [5, 5.41) is 6.03. The van der Waals surface area contributed by atoms with Gasteiger partial charge < -0.3 is 19.0 Å². The molecule has 0 bridgehead atoms. The number of nitrogens with zero attached hydrogens (tertiary/aromatic N) is 4. The van der Waals surface area contributed by atoms with E-state index in [0.29, 0.717) is 12.4 Å². The molecule has 3 aliphatic heterocycles. The van der Waals surface area contributed by atoms with Crippen LogP contribution in [0.3, 0.4) is 0 Å². The quantitative estimate of drug-likeness (QED) is 0.450. The Morgan fingerprint density at radius 3 is 2.59 bits per heavy atom. The fourth-order valence-electron chi connectivity index (χ4n) is 6.22. The van der Waals surface area contributed by atoms with Crippen molar-refractivity contribution in [2.45, 2.75) is 63.6 Å². The summed E-state index contributed by atoms with van der Waals surface area (Å²) in [5.41, 5.74) is 4.74. The van der Waals surface area contributed by atoms with Crippen LogP contribution in [-0.4, -0.2) is 40.5 Å². The van der Waals surface area contributed by atoms with Crippen molar-refractivity contribution < 1.29 is 14.0 Å². The van der Waals surface area contributed by atoms with E-state index < -0.39 is 13.8 Å². The molecule has 0 N–H and O–H groups in total. The van der Waals surface area contributed by atoms with E-state index in [4.69, 9.17) is 9.57 Å². The highest BCUT2D eigenvalue weighted by atomic mass is 28.3. The minimum atomic E-state index is -1.64. The van der Waals surface area contributed by atoms with Crippen LogP contribution in [0.5, 0.6) is 0 Å². The molecule has 2 fully saturated rings. The molecule has 2 aromatic carbocycles. The summed E-state index contributed by atoms with van der Waals surface area (Å²) in [6.45, 7) is 9.65. The van der Waals surface area contributed by atoms with Crippen molar-refractivity contribution in [2.24, 2.45) is 5.16 Å². The molecule has 1 atom stereocenters.